The van der Waals surface area contributed by atoms with E-state index in [0.29, 0.717) is 5.11 Å². The number of anilines is 1. The number of fused-ring (bicyclic) bond motifs is 1. The highest BCUT2D eigenvalue weighted by molar-refractivity contribution is 7.80. The topological polar surface area (TPSA) is 53.4 Å². The Hall–Kier alpha value is -3.16. The molecule has 1 atom stereocenters. The van der Waals surface area contributed by atoms with Gasteiger partial charge in [0.2, 0.25) is 0 Å². The highest BCUT2D eigenvalue weighted by Gasteiger charge is 2.32. The fourth-order valence-electron chi connectivity index (χ4n) is 3.44. The molecule has 0 fully saturated rings. The summed E-state index contributed by atoms with van der Waals surface area (Å²) >= 11 is 7.43. The summed E-state index contributed by atoms with van der Waals surface area (Å²) in [5.41, 5.74) is 4.86. The lowest BCUT2D eigenvalue weighted by atomic mass is 10.0. The summed E-state index contributed by atoms with van der Waals surface area (Å²) < 4.78 is 0. The molecule has 0 aliphatic carbocycles. The Bertz CT molecular complexity index is 1190. The van der Waals surface area contributed by atoms with Crippen molar-refractivity contribution in [2.75, 3.05) is 5.32 Å². The molecule has 0 spiro atoms. The second-order valence-electron chi connectivity index (χ2n) is 6.69. The van der Waals surface area contributed by atoms with Gasteiger partial charge in [-0.25, -0.2) is 5.01 Å². The minimum Gasteiger partial charge on any atom is -0.331 e. The van der Waals surface area contributed by atoms with Gasteiger partial charge in [-0.05, 0) is 53.5 Å². The lowest BCUT2D eigenvalue weighted by molar-refractivity contribution is 0.376. The number of hydrazone groups is 1. The van der Waals surface area contributed by atoms with E-state index in [1.54, 1.807) is 23.7 Å². The van der Waals surface area contributed by atoms with Gasteiger partial charge < -0.3 is 5.32 Å². The molecule has 142 valence electrons. The maximum Gasteiger partial charge on any atom is 0.194 e. The third-order valence-electron chi connectivity index (χ3n) is 4.83. The Morgan fingerprint density at radius 2 is 1.83 bits per heavy atom. The van der Waals surface area contributed by atoms with Crippen molar-refractivity contribution in [1.29, 1.82) is 0 Å². The number of para-hydroxylation sites is 1. The van der Waals surface area contributed by atoms with Crippen molar-refractivity contribution in [2.24, 2.45) is 5.10 Å². The summed E-state index contributed by atoms with van der Waals surface area (Å²) in [5.74, 6) is 0. The molecule has 1 aliphatic heterocycles. The maximum atomic E-state index is 5.73. The Labute approximate surface area is 177 Å². The van der Waals surface area contributed by atoms with Crippen LogP contribution in [-0.4, -0.2) is 25.8 Å². The number of aromatic nitrogens is 2. The highest BCUT2D eigenvalue weighted by atomic mass is 32.1. The molecular weight excluding hydrogens is 398 g/mol. The van der Waals surface area contributed by atoms with Gasteiger partial charge in [0.25, 0.3) is 0 Å². The Balaban J connectivity index is 1.50. The van der Waals surface area contributed by atoms with Crippen LogP contribution in [0.15, 0.2) is 83.5 Å². The van der Waals surface area contributed by atoms with Gasteiger partial charge in [0.1, 0.15) is 0 Å². The van der Waals surface area contributed by atoms with E-state index in [0.717, 1.165) is 34.4 Å². The van der Waals surface area contributed by atoms with Gasteiger partial charge in [-0.15, -0.1) is 11.3 Å². The molecule has 1 aliphatic rings. The van der Waals surface area contributed by atoms with E-state index in [1.807, 2.05) is 47.5 Å². The van der Waals surface area contributed by atoms with Crippen molar-refractivity contribution >= 4 is 51.1 Å². The minimum absolute atomic E-state index is 0.00205. The van der Waals surface area contributed by atoms with Crippen molar-refractivity contribution in [2.45, 2.75) is 12.5 Å². The predicted molar refractivity (Wildman–Crippen MR) is 122 cm³/mol. The summed E-state index contributed by atoms with van der Waals surface area (Å²) in [4.78, 5) is 10.00. The number of nitrogens with one attached hydrogen (secondary N) is 1. The first-order valence-corrected chi connectivity index (χ1v) is 10.5. The third kappa shape index (κ3) is 3.62. The highest BCUT2D eigenvalue weighted by Crippen LogP contribution is 2.35. The molecular formula is C22H17N5S2. The van der Waals surface area contributed by atoms with Gasteiger partial charge in [-0.3, -0.25) is 9.97 Å². The molecule has 0 saturated heterocycles. The SMILES string of the molecule is S=C(Nc1ccccc1)N1N=C(c2cccs2)CC1c1ccc2nccnc2c1. The van der Waals surface area contributed by atoms with Crippen molar-refractivity contribution in [3.8, 4) is 0 Å². The Morgan fingerprint density at radius 1 is 1.00 bits per heavy atom. The normalized spacial score (nSPS) is 16.1. The number of rotatable bonds is 3. The van der Waals surface area contributed by atoms with Crippen LogP contribution in [0.3, 0.4) is 0 Å². The van der Waals surface area contributed by atoms with Crippen molar-refractivity contribution in [1.82, 2.24) is 15.0 Å². The summed E-state index contributed by atoms with van der Waals surface area (Å²) in [6.45, 7) is 0. The molecule has 5 rings (SSSR count). The van der Waals surface area contributed by atoms with Crippen LogP contribution < -0.4 is 5.32 Å². The predicted octanol–water partition coefficient (Wildman–Crippen LogP) is 5.24. The molecule has 2 aromatic heterocycles. The molecule has 1 N–H and O–H groups in total. The van der Waals surface area contributed by atoms with E-state index in [4.69, 9.17) is 17.3 Å². The van der Waals surface area contributed by atoms with E-state index < -0.39 is 0 Å². The number of thiocarbonyl (C=S) groups is 1. The Morgan fingerprint density at radius 3 is 2.62 bits per heavy atom. The van der Waals surface area contributed by atoms with Crippen LogP contribution in [0.25, 0.3) is 11.0 Å². The summed E-state index contributed by atoms with van der Waals surface area (Å²) in [6, 6.07) is 20.3. The largest absolute Gasteiger partial charge is 0.331 e. The molecule has 0 amide bonds. The van der Waals surface area contributed by atoms with Gasteiger partial charge in [-0.1, -0.05) is 30.3 Å². The van der Waals surface area contributed by atoms with Crippen LogP contribution in [0.4, 0.5) is 5.69 Å². The fourth-order valence-corrected chi connectivity index (χ4v) is 4.45. The smallest absolute Gasteiger partial charge is 0.194 e. The van der Waals surface area contributed by atoms with Gasteiger partial charge in [0.15, 0.2) is 5.11 Å². The molecule has 0 saturated carbocycles. The van der Waals surface area contributed by atoms with Crippen molar-refractivity contribution in [3.05, 3.63) is 88.9 Å². The van der Waals surface area contributed by atoms with E-state index in [2.05, 4.69) is 38.9 Å². The van der Waals surface area contributed by atoms with Crippen LogP contribution in [0.1, 0.15) is 22.9 Å². The van der Waals surface area contributed by atoms with E-state index in [9.17, 15) is 0 Å². The average Bonchev–Trinajstić information content (AvgIpc) is 3.44. The Kier molecular flexibility index (Phi) is 4.75. The number of benzene rings is 2. The minimum atomic E-state index is 0.00205. The number of hydrogen-bond acceptors (Lipinski definition) is 5. The zero-order valence-electron chi connectivity index (χ0n) is 15.4. The first-order valence-electron chi connectivity index (χ1n) is 9.25. The second-order valence-corrected chi connectivity index (χ2v) is 8.02. The second kappa shape index (κ2) is 7.69. The first-order chi connectivity index (χ1) is 14.3. The standard InChI is InChI=1S/C22H17N5S2/c28-22(25-16-5-2-1-3-6-16)27-20(14-19(26-27)21-7-4-12-29-21)15-8-9-17-18(13-15)24-11-10-23-17/h1-13,20H,14H2,(H,25,28). The number of nitrogens with zero attached hydrogens (tertiary/aromatic N) is 4. The lowest BCUT2D eigenvalue weighted by Crippen LogP contribution is -2.31. The van der Waals surface area contributed by atoms with E-state index in [1.165, 1.54) is 4.88 Å². The van der Waals surface area contributed by atoms with Crippen LogP contribution in [0.5, 0.6) is 0 Å². The zero-order chi connectivity index (χ0) is 19.6. The molecule has 4 aromatic rings. The average molecular weight is 416 g/mol. The molecule has 29 heavy (non-hydrogen) atoms. The van der Waals surface area contributed by atoms with Gasteiger partial charge in [0, 0.05) is 24.5 Å². The monoisotopic (exact) mass is 415 g/mol. The van der Waals surface area contributed by atoms with Crippen molar-refractivity contribution < 1.29 is 0 Å². The van der Waals surface area contributed by atoms with Crippen molar-refractivity contribution in [3.63, 3.8) is 0 Å². The molecule has 1 unspecified atom stereocenters. The van der Waals surface area contributed by atoms with E-state index >= 15 is 0 Å². The molecule has 5 nitrogen and oxygen atoms in total. The fraction of sp³-hybridized carbons (Fsp3) is 0.0909. The molecule has 3 heterocycles. The zero-order valence-corrected chi connectivity index (χ0v) is 17.0. The van der Waals surface area contributed by atoms with Gasteiger partial charge >= 0.3 is 0 Å². The van der Waals surface area contributed by atoms with Gasteiger partial charge in [0.05, 0.1) is 27.7 Å². The van der Waals surface area contributed by atoms with E-state index in [-0.39, 0.29) is 6.04 Å². The molecule has 7 heteroatoms. The molecule has 0 radical (unpaired) electrons. The third-order valence-corrected chi connectivity index (χ3v) is 6.04. The number of hydrogen-bond donors (Lipinski definition) is 1. The molecule has 2 aromatic carbocycles. The van der Waals surface area contributed by atoms with Crippen LogP contribution in [-0.2, 0) is 0 Å². The maximum absolute atomic E-state index is 5.73. The quantitative estimate of drug-likeness (QED) is 0.464. The number of thiophene rings is 1. The van der Waals surface area contributed by atoms with Crippen LogP contribution in [0, 0.1) is 0 Å². The molecule has 0 bridgehead atoms. The van der Waals surface area contributed by atoms with Crippen LogP contribution in [0.2, 0.25) is 0 Å². The van der Waals surface area contributed by atoms with Gasteiger partial charge in [-0.2, -0.15) is 5.10 Å². The lowest BCUT2D eigenvalue weighted by Gasteiger charge is -2.25. The van der Waals surface area contributed by atoms with Crippen LogP contribution >= 0.6 is 23.6 Å². The summed E-state index contributed by atoms with van der Waals surface area (Å²) in [6.07, 6.45) is 4.21. The summed E-state index contributed by atoms with van der Waals surface area (Å²) in [7, 11) is 0. The first kappa shape index (κ1) is 17.9. The summed E-state index contributed by atoms with van der Waals surface area (Å²) in [5, 5.41) is 12.8.